The van der Waals surface area contributed by atoms with Gasteiger partial charge in [0.15, 0.2) is 6.29 Å². The fourth-order valence-electron chi connectivity index (χ4n) is 1.26. The summed E-state index contributed by atoms with van der Waals surface area (Å²) in [5.41, 5.74) is 0. The van der Waals surface area contributed by atoms with Gasteiger partial charge in [0.2, 0.25) is 0 Å². The van der Waals surface area contributed by atoms with Gasteiger partial charge in [0.25, 0.3) is 0 Å². The van der Waals surface area contributed by atoms with Crippen molar-refractivity contribution in [1.82, 2.24) is 0 Å². The van der Waals surface area contributed by atoms with E-state index < -0.39 is 0 Å². The van der Waals surface area contributed by atoms with Crippen LogP contribution in [0.15, 0.2) is 33.6 Å². The molecule has 0 aliphatic carbocycles. The molecule has 0 radical (unpaired) electrons. The van der Waals surface area contributed by atoms with Crippen molar-refractivity contribution in [3.63, 3.8) is 0 Å². The minimum atomic E-state index is -0.168. The summed E-state index contributed by atoms with van der Waals surface area (Å²) in [5.74, 6) is 0. The maximum Gasteiger partial charge on any atom is 0.168 e. The van der Waals surface area contributed by atoms with E-state index in [1.165, 1.54) is 4.90 Å². The topological polar surface area (TPSA) is 18.5 Å². The molecule has 0 saturated heterocycles. The van der Waals surface area contributed by atoms with Gasteiger partial charge in [-0.2, -0.15) is 0 Å². The molecule has 0 heterocycles. The van der Waals surface area contributed by atoms with E-state index in [2.05, 4.69) is 35.0 Å². The third-order valence-electron chi connectivity index (χ3n) is 1.98. The summed E-state index contributed by atoms with van der Waals surface area (Å²) < 4.78 is 11.5. The predicted molar refractivity (Wildman–Crippen MR) is 67.3 cm³/mol. The molecule has 0 saturated carbocycles. The maximum absolute atomic E-state index is 5.20. The fourth-order valence-corrected chi connectivity index (χ4v) is 2.58. The lowest BCUT2D eigenvalue weighted by Crippen LogP contribution is -2.24. The van der Waals surface area contributed by atoms with E-state index in [9.17, 15) is 0 Å². The maximum atomic E-state index is 5.20. The van der Waals surface area contributed by atoms with Crippen molar-refractivity contribution in [3.05, 3.63) is 28.7 Å². The molecule has 2 nitrogen and oxygen atoms in total. The van der Waals surface area contributed by atoms with Crippen LogP contribution in [0, 0.1) is 0 Å². The largest absolute Gasteiger partial charge is 0.355 e. The lowest BCUT2D eigenvalue weighted by molar-refractivity contribution is -0.0988. The smallest absolute Gasteiger partial charge is 0.168 e. The number of rotatable bonds is 5. The Bertz CT molecular complexity index is 285. The summed E-state index contributed by atoms with van der Waals surface area (Å²) in [5, 5.41) is 0.265. The summed E-state index contributed by atoms with van der Waals surface area (Å²) in [4.78, 5) is 1.21. The standard InChI is InChI=1S/C11H15BrO2S/c1-8(11(13-2)14-3)15-10-6-4-9(12)5-7-10/h4-8,11H,1-3H3. The van der Waals surface area contributed by atoms with Crippen LogP contribution < -0.4 is 0 Å². The van der Waals surface area contributed by atoms with Crippen molar-refractivity contribution in [2.24, 2.45) is 0 Å². The van der Waals surface area contributed by atoms with Gasteiger partial charge in [-0.05, 0) is 31.2 Å². The molecule has 0 aliphatic rings. The Morgan fingerprint density at radius 1 is 1.13 bits per heavy atom. The third kappa shape index (κ3) is 4.15. The van der Waals surface area contributed by atoms with Crippen molar-refractivity contribution < 1.29 is 9.47 Å². The molecule has 1 aromatic carbocycles. The molecular weight excluding hydrogens is 276 g/mol. The molecule has 0 spiro atoms. The number of ether oxygens (including phenoxy) is 2. The van der Waals surface area contributed by atoms with Crippen LogP contribution in [0.25, 0.3) is 0 Å². The molecule has 0 fully saturated rings. The van der Waals surface area contributed by atoms with E-state index in [-0.39, 0.29) is 11.5 Å². The average molecular weight is 291 g/mol. The molecule has 1 unspecified atom stereocenters. The Morgan fingerprint density at radius 3 is 2.13 bits per heavy atom. The first-order chi connectivity index (χ1) is 7.17. The molecule has 4 heteroatoms. The molecule has 0 aliphatic heterocycles. The Hall–Kier alpha value is -0.0300. The van der Waals surface area contributed by atoms with Crippen molar-refractivity contribution >= 4 is 27.7 Å². The fraction of sp³-hybridized carbons (Fsp3) is 0.455. The summed E-state index contributed by atoms with van der Waals surface area (Å²) >= 11 is 5.15. The van der Waals surface area contributed by atoms with Gasteiger partial charge in [0.05, 0.1) is 5.25 Å². The highest BCUT2D eigenvalue weighted by atomic mass is 79.9. The predicted octanol–water partition coefficient (Wildman–Crippen LogP) is 3.55. The zero-order valence-corrected chi connectivity index (χ0v) is 11.5. The second-order valence-electron chi connectivity index (χ2n) is 3.12. The number of hydrogen-bond donors (Lipinski definition) is 0. The van der Waals surface area contributed by atoms with Crippen molar-refractivity contribution in [1.29, 1.82) is 0 Å². The van der Waals surface area contributed by atoms with Crippen molar-refractivity contribution in [2.45, 2.75) is 23.4 Å². The van der Waals surface area contributed by atoms with Crippen LogP contribution in [-0.2, 0) is 9.47 Å². The van der Waals surface area contributed by atoms with Crippen molar-refractivity contribution in [3.8, 4) is 0 Å². The molecular formula is C11H15BrO2S. The molecule has 1 rings (SSSR count). The molecule has 1 aromatic rings. The van der Waals surface area contributed by atoms with Gasteiger partial charge >= 0.3 is 0 Å². The summed E-state index contributed by atoms with van der Waals surface area (Å²) in [6.07, 6.45) is -0.168. The molecule has 84 valence electrons. The molecule has 0 aromatic heterocycles. The lowest BCUT2D eigenvalue weighted by Gasteiger charge is -2.20. The summed E-state index contributed by atoms with van der Waals surface area (Å²) in [6.45, 7) is 2.09. The number of methoxy groups -OCH3 is 2. The summed E-state index contributed by atoms with van der Waals surface area (Å²) in [6, 6.07) is 8.22. The van der Waals surface area contributed by atoms with E-state index in [4.69, 9.17) is 9.47 Å². The monoisotopic (exact) mass is 290 g/mol. The Balaban J connectivity index is 2.57. The number of hydrogen-bond acceptors (Lipinski definition) is 3. The normalized spacial score (nSPS) is 13.1. The first kappa shape index (κ1) is 13.0. The van der Waals surface area contributed by atoms with Crippen LogP contribution in [0.1, 0.15) is 6.92 Å². The van der Waals surface area contributed by atoms with Crippen LogP contribution in [0.4, 0.5) is 0 Å². The molecule has 0 amide bonds. The molecule has 1 atom stereocenters. The van der Waals surface area contributed by atoms with E-state index in [1.54, 1.807) is 26.0 Å². The average Bonchev–Trinajstić information content (AvgIpc) is 2.23. The quantitative estimate of drug-likeness (QED) is 0.610. The van der Waals surface area contributed by atoms with E-state index in [1.807, 2.05) is 12.1 Å². The Morgan fingerprint density at radius 2 is 1.67 bits per heavy atom. The first-order valence-electron chi connectivity index (χ1n) is 4.65. The van der Waals surface area contributed by atoms with Gasteiger partial charge < -0.3 is 9.47 Å². The minimum Gasteiger partial charge on any atom is -0.355 e. The van der Waals surface area contributed by atoms with Gasteiger partial charge in [-0.3, -0.25) is 0 Å². The molecule has 0 bridgehead atoms. The number of thioether (sulfide) groups is 1. The highest BCUT2D eigenvalue weighted by molar-refractivity contribution is 9.10. The van der Waals surface area contributed by atoms with Crippen LogP contribution in [-0.4, -0.2) is 25.8 Å². The highest BCUT2D eigenvalue weighted by Gasteiger charge is 2.16. The number of halogens is 1. The van der Waals surface area contributed by atoms with Crippen LogP contribution in [0.2, 0.25) is 0 Å². The zero-order chi connectivity index (χ0) is 11.3. The zero-order valence-electron chi connectivity index (χ0n) is 9.07. The van der Waals surface area contributed by atoms with E-state index in [0.717, 1.165) is 4.47 Å². The van der Waals surface area contributed by atoms with E-state index in [0.29, 0.717) is 0 Å². The van der Waals surface area contributed by atoms with Crippen LogP contribution >= 0.6 is 27.7 Å². The number of benzene rings is 1. The molecule has 15 heavy (non-hydrogen) atoms. The van der Waals surface area contributed by atoms with Gasteiger partial charge in [-0.1, -0.05) is 15.9 Å². The SMILES string of the molecule is COC(OC)C(C)Sc1ccc(Br)cc1. The van der Waals surface area contributed by atoms with Crippen LogP contribution in [0.5, 0.6) is 0 Å². The first-order valence-corrected chi connectivity index (χ1v) is 6.32. The molecule has 0 N–H and O–H groups in total. The Kier molecular flexibility index (Phi) is 5.68. The second kappa shape index (κ2) is 6.53. The lowest BCUT2D eigenvalue weighted by atomic mass is 10.4. The summed E-state index contributed by atoms with van der Waals surface area (Å²) in [7, 11) is 3.32. The van der Waals surface area contributed by atoms with Gasteiger partial charge in [0.1, 0.15) is 0 Å². The van der Waals surface area contributed by atoms with E-state index >= 15 is 0 Å². The minimum absolute atomic E-state index is 0.168. The van der Waals surface area contributed by atoms with Gasteiger partial charge in [0, 0.05) is 23.6 Å². The van der Waals surface area contributed by atoms with Crippen molar-refractivity contribution in [2.75, 3.05) is 14.2 Å². The Labute approximate surface area is 103 Å². The highest BCUT2D eigenvalue weighted by Crippen LogP contribution is 2.27. The second-order valence-corrected chi connectivity index (χ2v) is 5.48. The van der Waals surface area contributed by atoms with Crippen LogP contribution in [0.3, 0.4) is 0 Å². The van der Waals surface area contributed by atoms with Gasteiger partial charge in [-0.15, -0.1) is 11.8 Å². The third-order valence-corrected chi connectivity index (χ3v) is 3.65. The van der Waals surface area contributed by atoms with Gasteiger partial charge in [-0.25, -0.2) is 0 Å².